The third-order valence-corrected chi connectivity index (χ3v) is 3.27. The zero-order chi connectivity index (χ0) is 15.1. The molecule has 1 amide bonds. The van der Waals surface area contributed by atoms with Gasteiger partial charge in [-0.15, -0.1) is 0 Å². The molecule has 0 spiro atoms. The van der Waals surface area contributed by atoms with E-state index in [1.807, 2.05) is 13.0 Å². The van der Waals surface area contributed by atoms with Crippen LogP contribution in [0.1, 0.15) is 37.3 Å². The lowest BCUT2D eigenvalue weighted by molar-refractivity contribution is -0.116. The molecule has 20 heavy (non-hydrogen) atoms. The van der Waals surface area contributed by atoms with Gasteiger partial charge in [-0.3, -0.25) is 4.79 Å². The summed E-state index contributed by atoms with van der Waals surface area (Å²) < 4.78 is 13.6. The molecule has 1 rings (SSSR count). The molecule has 1 atom stereocenters. The Morgan fingerprint density at radius 2 is 2.20 bits per heavy atom. The van der Waals surface area contributed by atoms with Crippen LogP contribution in [0.4, 0.5) is 10.1 Å². The van der Waals surface area contributed by atoms with Gasteiger partial charge in [-0.2, -0.15) is 5.26 Å². The second kappa shape index (κ2) is 7.61. The van der Waals surface area contributed by atoms with Gasteiger partial charge in [0.1, 0.15) is 5.82 Å². The Labute approximate surface area is 118 Å². The van der Waals surface area contributed by atoms with Crippen LogP contribution in [-0.4, -0.2) is 12.5 Å². The number of nitrogens with zero attached hydrogens (tertiary/aromatic N) is 1. The van der Waals surface area contributed by atoms with Crippen molar-refractivity contribution in [1.29, 1.82) is 5.26 Å². The van der Waals surface area contributed by atoms with Crippen LogP contribution in [0, 0.1) is 30.0 Å². The second-order valence-electron chi connectivity index (χ2n) is 5.01. The predicted molar refractivity (Wildman–Crippen MR) is 76.6 cm³/mol. The van der Waals surface area contributed by atoms with Crippen molar-refractivity contribution in [2.24, 2.45) is 11.7 Å². The van der Waals surface area contributed by atoms with Gasteiger partial charge in [0, 0.05) is 17.7 Å². The third kappa shape index (κ3) is 4.63. The first-order valence-corrected chi connectivity index (χ1v) is 6.68. The van der Waals surface area contributed by atoms with Crippen LogP contribution in [0.3, 0.4) is 0 Å². The van der Waals surface area contributed by atoms with E-state index < -0.39 is 5.82 Å². The van der Waals surface area contributed by atoms with Gasteiger partial charge in [0.05, 0.1) is 11.6 Å². The number of nitrogens with one attached hydrogen (secondary N) is 1. The van der Waals surface area contributed by atoms with Gasteiger partial charge in [-0.25, -0.2) is 4.39 Å². The summed E-state index contributed by atoms with van der Waals surface area (Å²) in [5.41, 5.74) is 6.35. The molecule has 0 saturated heterocycles. The SMILES string of the molecule is Cc1c(F)cc(C#N)cc1NC(=O)CCC(C)CCN. The van der Waals surface area contributed by atoms with Gasteiger partial charge in [-0.1, -0.05) is 6.92 Å². The Balaban J connectivity index is 2.67. The van der Waals surface area contributed by atoms with Crippen molar-refractivity contribution >= 4 is 11.6 Å². The molecule has 1 aromatic rings. The van der Waals surface area contributed by atoms with Crippen LogP contribution < -0.4 is 11.1 Å². The van der Waals surface area contributed by atoms with Crippen molar-refractivity contribution in [2.45, 2.75) is 33.1 Å². The summed E-state index contributed by atoms with van der Waals surface area (Å²) in [7, 11) is 0. The van der Waals surface area contributed by atoms with Gasteiger partial charge in [0.25, 0.3) is 0 Å². The van der Waals surface area contributed by atoms with Gasteiger partial charge in [-0.05, 0) is 44.4 Å². The Bertz CT molecular complexity index is 523. The van der Waals surface area contributed by atoms with Crippen molar-refractivity contribution in [3.05, 3.63) is 29.1 Å². The first-order valence-electron chi connectivity index (χ1n) is 6.68. The van der Waals surface area contributed by atoms with Crippen LogP contribution >= 0.6 is 0 Å². The molecule has 0 aliphatic carbocycles. The highest BCUT2D eigenvalue weighted by Crippen LogP contribution is 2.21. The summed E-state index contributed by atoms with van der Waals surface area (Å²) in [5.74, 6) is -0.281. The minimum atomic E-state index is -0.490. The summed E-state index contributed by atoms with van der Waals surface area (Å²) in [4.78, 5) is 11.8. The molecule has 1 aromatic carbocycles. The lowest BCUT2D eigenvalue weighted by Gasteiger charge is -2.12. The number of nitrogens with two attached hydrogens (primary N) is 1. The lowest BCUT2D eigenvalue weighted by Crippen LogP contribution is -2.15. The largest absolute Gasteiger partial charge is 0.330 e. The van der Waals surface area contributed by atoms with E-state index in [0.717, 1.165) is 18.9 Å². The Morgan fingerprint density at radius 1 is 1.50 bits per heavy atom. The van der Waals surface area contributed by atoms with Crippen LogP contribution in [-0.2, 0) is 4.79 Å². The molecule has 0 aliphatic heterocycles. The number of halogens is 1. The average Bonchev–Trinajstić information content (AvgIpc) is 2.41. The number of rotatable bonds is 6. The van der Waals surface area contributed by atoms with Crippen molar-refractivity contribution < 1.29 is 9.18 Å². The summed E-state index contributed by atoms with van der Waals surface area (Å²) in [6.45, 7) is 4.22. The van der Waals surface area contributed by atoms with Gasteiger partial charge in [0.2, 0.25) is 5.91 Å². The first kappa shape index (κ1) is 16.1. The molecule has 108 valence electrons. The van der Waals surface area contributed by atoms with E-state index in [0.29, 0.717) is 30.1 Å². The molecular formula is C15H20FN3O. The fourth-order valence-electron chi connectivity index (χ4n) is 1.89. The van der Waals surface area contributed by atoms with Crippen LogP contribution in [0.5, 0.6) is 0 Å². The number of nitriles is 1. The van der Waals surface area contributed by atoms with E-state index >= 15 is 0 Å². The molecule has 5 heteroatoms. The molecular weight excluding hydrogens is 257 g/mol. The molecule has 0 aliphatic rings. The Kier molecular flexibility index (Phi) is 6.13. The molecule has 0 aromatic heterocycles. The Morgan fingerprint density at radius 3 is 2.80 bits per heavy atom. The van der Waals surface area contributed by atoms with Crippen LogP contribution in [0.25, 0.3) is 0 Å². The first-order chi connectivity index (χ1) is 9.47. The highest BCUT2D eigenvalue weighted by molar-refractivity contribution is 5.91. The van der Waals surface area contributed by atoms with E-state index in [4.69, 9.17) is 11.0 Å². The van der Waals surface area contributed by atoms with Crippen LogP contribution in [0.2, 0.25) is 0 Å². The predicted octanol–water partition coefficient (Wildman–Crippen LogP) is 2.71. The molecule has 1 unspecified atom stereocenters. The smallest absolute Gasteiger partial charge is 0.224 e. The van der Waals surface area contributed by atoms with Crippen molar-refractivity contribution in [3.8, 4) is 6.07 Å². The average molecular weight is 277 g/mol. The molecule has 0 fully saturated rings. The number of benzene rings is 1. The standard InChI is InChI=1S/C15H20FN3O/c1-10(5-6-17)3-4-15(20)19-14-8-12(9-18)7-13(16)11(14)2/h7-8,10H,3-6,17H2,1-2H3,(H,19,20). The van der Waals surface area contributed by atoms with Crippen molar-refractivity contribution in [3.63, 3.8) is 0 Å². The van der Waals surface area contributed by atoms with E-state index in [2.05, 4.69) is 5.32 Å². The van der Waals surface area contributed by atoms with E-state index in [1.165, 1.54) is 6.07 Å². The van der Waals surface area contributed by atoms with Gasteiger partial charge in [0.15, 0.2) is 0 Å². The van der Waals surface area contributed by atoms with E-state index in [1.54, 1.807) is 6.92 Å². The quantitative estimate of drug-likeness (QED) is 0.839. The normalized spacial score (nSPS) is 11.8. The molecule has 0 radical (unpaired) electrons. The zero-order valence-electron chi connectivity index (χ0n) is 11.9. The molecule has 3 N–H and O–H groups in total. The highest BCUT2D eigenvalue weighted by atomic mass is 19.1. The van der Waals surface area contributed by atoms with Gasteiger partial charge < -0.3 is 11.1 Å². The summed E-state index contributed by atoms with van der Waals surface area (Å²) >= 11 is 0. The van der Waals surface area contributed by atoms with E-state index in [9.17, 15) is 9.18 Å². The molecule has 4 nitrogen and oxygen atoms in total. The number of carbonyl (C=O) groups excluding carboxylic acids is 1. The monoisotopic (exact) mass is 277 g/mol. The number of hydrogen-bond acceptors (Lipinski definition) is 3. The van der Waals surface area contributed by atoms with Crippen molar-refractivity contribution in [1.82, 2.24) is 0 Å². The maximum Gasteiger partial charge on any atom is 0.224 e. The minimum Gasteiger partial charge on any atom is -0.330 e. The molecule has 0 saturated carbocycles. The Hall–Kier alpha value is -1.93. The van der Waals surface area contributed by atoms with Gasteiger partial charge >= 0.3 is 0 Å². The maximum atomic E-state index is 13.6. The maximum absolute atomic E-state index is 13.6. The fourth-order valence-corrected chi connectivity index (χ4v) is 1.89. The number of anilines is 1. The molecule has 0 heterocycles. The number of hydrogen-bond donors (Lipinski definition) is 2. The van der Waals surface area contributed by atoms with Crippen molar-refractivity contribution in [2.75, 3.05) is 11.9 Å². The van der Waals surface area contributed by atoms with Crippen LogP contribution in [0.15, 0.2) is 12.1 Å². The summed E-state index contributed by atoms with van der Waals surface area (Å²) in [6.07, 6.45) is 1.98. The molecule has 0 bridgehead atoms. The zero-order valence-corrected chi connectivity index (χ0v) is 11.9. The lowest BCUT2D eigenvalue weighted by atomic mass is 10.0. The topological polar surface area (TPSA) is 78.9 Å². The fraction of sp³-hybridized carbons (Fsp3) is 0.467. The summed E-state index contributed by atoms with van der Waals surface area (Å²) in [6, 6.07) is 4.52. The number of carbonyl (C=O) groups is 1. The minimum absolute atomic E-state index is 0.175. The number of amides is 1. The highest BCUT2D eigenvalue weighted by Gasteiger charge is 2.11. The second-order valence-corrected chi connectivity index (χ2v) is 5.01. The summed E-state index contributed by atoms with van der Waals surface area (Å²) in [5, 5.41) is 11.5. The third-order valence-electron chi connectivity index (χ3n) is 3.27. The van der Waals surface area contributed by atoms with E-state index in [-0.39, 0.29) is 11.5 Å².